The second-order valence-corrected chi connectivity index (χ2v) is 4.65. The van der Waals surface area contributed by atoms with E-state index in [1.54, 1.807) is 0 Å². The molecule has 0 spiro atoms. The van der Waals surface area contributed by atoms with E-state index in [9.17, 15) is 4.79 Å². The molecule has 2 unspecified atom stereocenters. The van der Waals surface area contributed by atoms with Crippen LogP contribution in [0.1, 0.15) is 24.0 Å². The number of hydrogen-bond donors (Lipinski definition) is 1. The van der Waals surface area contributed by atoms with Crippen LogP contribution in [0.4, 0.5) is 0 Å². The van der Waals surface area contributed by atoms with Crippen LogP contribution in [0.2, 0.25) is 0 Å². The molecule has 0 aliphatic carbocycles. The molecule has 1 aliphatic heterocycles. The number of carbonyl (C=O) groups is 1. The van der Waals surface area contributed by atoms with Crippen LogP contribution in [0.15, 0.2) is 24.3 Å². The highest BCUT2D eigenvalue weighted by Gasteiger charge is 2.26. The number of ether oxygens (including phenoxy) is 2. The Labute approximate surface area is 107 Å². The number of carboxylic acid groups (broad SMARTS) is 1. The number of rotatable bonds is 5. The van der Waals surface area contributed by atoms with Gasteiger partial charge in [0.2, 0.25) is 0 Å². The summed E-state index contributed by atoms with van der Waals surface area (Å²) >= 11 is 0. The third kappa shape index (κ3) is 3.82. The first-order chi connectivity index (χ1) is 8.63. The second-order valence-electron chi connectivity index (χ2n) is 4.65. The lowest BCUT2D eigenvalue weighted by atomic mass is 10.1. The third-order valence-corrected chi connectivity index (χ3v) is 2.98. The first-order valence-corrected chi connectivity index (χ1v) is 6.18. The molecule has 1 N–H and O–H groups in total. The maximum Gasteiger partial charge on any atom is 0.303 e. The van der Waals surface area contributed by atoms with Crippen LogP contribution >= 0.6 is 0 Å². The predicted octanol–water partition coefficient (Wildman–Crippen LogP) is 2.14. The van der Waals surface area contributed by atoms with Crippen molar-refractivity contribution < 1.29 is 19.4 Å². The van der Waals surface area contributed by atoms with E-state index in [0.717, 1.165) is 0 Å². The van der Waals surface area contributed by atoms with E-state index in [-0.39, 0.29) is 18.8 Å². The van der Waals surface area contributed by atoms with Gasteiger partial charge in [0.25, 0.3) is 0 Å². The fraction of sp³-hybridized carbons (Fsp3) is 0.500. The van der Waals surface area contributed by atoms with Gasteiger partial charge in [-0.15, -0.1) is 0 Å². The zero-order chi connectivity index (χ0) is 13.0. The molecule has 0 saturated carbocycles. The summed E-state index contributed by atoms with van der Waals surface area (Å²) in [6.45, 7) is 2.54. The summed E-state index contributed by atoms with van der Waals surface area (Å²) in [4.78, 5) is 10.5. The maximum absolute atomic E-state index is 10.5. The Morgan fingerprint density at radius 2 is 2.33 bits per heavy atom. The van der Waals surface area contributed by atoms with Crippen LogP contribution in [-0.4, -0.2) is 30.1 Å². The predicted molar refractivity (Wildman–Crippen MR) is 66.4 cm³/mol. The van der Waals surface area contributed by atoms with E-state index >= 15 is 0 Å². The smallest absolute Gasteiger partial charge is 0.303 e. The van der Waals surface area contributed by atoms with Gasteiger partial charge in [0, 0.05) is 12.8 Å². The van der Waals surface area contributed by atoms with Gasteiger partial charge >= 0.3 is 5.97 Å². The van der Waals surface area contributed by atoms with Gasteiger partial charge in [-0.1, -0.05) is 29.8 Å². The number of carboxylic acids is 1. The van der Waals surface area contributed by atoms with Crippen molar-refractivity contribution in [1.29, 1.82) is 0 Å². The van der Waals surface area contributed by atoms with Crippen LogP contribution in [0.25, 0.3) is 0 Å². The third-order valence-electron chi connectivity index (χ3n) is 2.98. The zero-order valence-electron chi connectivity index (χ0n) is 10.5. The summed E-state index contributed by atoms with van der Waals surface area (Å²) in [6, 6.07) is 8.22. The highest BCUT2D eigenvalue weighted by Crippen LogP contribution is 2.19. The molecule has 0 radical (unpaired) electrons. The van der Waals surface area contributed by atoms with Crippen molar-refractivity contribution in [3.63, 3.8) is 0 Å². The van der Waals surface area contributed by atoms with Gasteiger partial charge in [0.1, 0.15) is 0 Å². The van der Waals surface area contributed by atoms with Crippen molar-refractivity contribution in [3.8, 4) is 0 Å². The van der Waals surface area contributed by atoms with Crippen molar-refractivity contribution in [2.24, 2.45) is 0 Å². The average Bonchev–Trinajstić information content (AvgIpc) is 2.74. The van der Waals surface area contributed by atoms with Crippen molar-refractivity contribution in [1.82, 2.24) is 0 Å². The Balaban J connectivity index is 1.80. The molecule has 1 aliphatic rings. The molecular weight excluding hydrogens is 232 g/mol. The number of benzene rings is 1. The van der Waals surface area contributed by atoms with Crippen LogP contribution in [0.5, 0.6) is 0 Å². The second kappa shape index (κ2) is 5.98. The number of hydrogen-bond acceptors (Lipinski definition) is 3. The molecule has 1 aromatic carbocycles. The van der Waals surface area contributed by atoms with Crippen LogP contribution in [-0.2, 0) is 20.7 Å². The van der Waals surface area contributed by atoms with Crippen molar-refractivity contribution in [3.05, 3.63) is 35.4 Å². The Bertz CT molecular complexity index is 416. The fourth-order valence-corrected chi connectivity index (χ4v) is 2.08. The maximum atomic E-state index is 10.5. The first-order valence-electron chi connectivity index (χ1n) is 6.18. The van der Waals surface area contributed by atoms with Crippen molar-refractivity contribution >= 4 is 5.97 Å². The lowest BCUT2D eigenvalue weighted by Crippen LogP contribution is -2.15. The zero-order valence-corrected chi connectivity index (χ0v) is 10.5. The lowest BCUT2D eigenvalue weighted by molar-refractivity contribution is -0.137. The molecule has 0 aromatic heterocycles. The highest BCUT2D eigenvalue weighted by atomic mass is 16.7. The largest absolute Gasteiger partial charge is 0.481 e. The summed E-state index contributed by atoms with van der Waals surface area (Å²) < 4.78 is 11.2. The van der Waals surface area contributed by atoms with Gasteiger partial charge in [0.05, 0.1) is 12.7 Å². The van der Waals surface area contributed by atoms with Gasteiger partial charge in [-0.3, -0.25) is 4.79 Å². The van der Waals surface area contributed by atoms with Crippen LogP contribution < -0.4 is 0 Å². The molecule has 4 nitrogen and oxygen atoms in total. The molecule has 2 rings (SSSR count). The first kappa shape index (κ1) is 13.1. The monoisotopic (exact) mass is 250 g/mol. The summed E-state index contributed by atoms with van der Waals surface area (Å²) in [5, 5.41) is 8.61. The van der Waals surface area contributed by atoms with Gasteiger partial charge in [-0.05, 0) is 18.9 Å². The number of aryl methyl sites for hydroxylation is 1. The van der Waals surface area contributed by atoms with Gasteiger partial charge in [-0.25, -0.2) is 0 Å². The minimum Gasteiger partial charge on any atom is -0.481 e. The minimum atomic E-state index is -0.791. The lowest BCUT2D eigenvalue weighted by Gasteiger charge is -2.11. The van der Waals surface area contributed by atoms with E-state index in [0.29, 0.717) is 19.4 Å². The average molecular weight is 250 g/mol. The summed E-state index contributed by atoms with van der Waals surface area (Å²) in [7, 11) is 0. The summed E-state index contributed by atoms with van der Waals surface area (Å²) in [5.41, 5.74) is 2.40. The quantitative estimate of drug-likeness (QED) is 0.870. The molecule has 1 heterocycles. The molecular formula is C14H18O4. The number of aliphatic carboxylic acids is 1. The molecule has 0 amide bonds. The van der Waals surface area contributed by atoms with Crippen LogP contribution in [0.3, 0.4) is 0 Å². The Morgan fingerprint density at radius 3 is 3.06 bits per heavy atom. The molecule has 0 bridgehead atoms. The fourth-order valence-electron chi connectivity index (χ4n) is 2.08. The Morgan fingerprint density at radius 1 is 1.50 bits per heavy atom. The Kier molecular flexibility index (Phi) is 4.33. The van der Waals surface area contributed by atoms with Gasteiger partial charge in [-0.2, -0.15) is 0 Å². The SMILES string of the molecule is Cc1cccc(CC2OCC(CCC(=O)O)O2)c1. The van der Waals surface area contributed by atoms with Crippen LogP contribution in [0, 0.1) is 6.92 Å². The van der Waals surface area contributed by atoms with Crippen molar-refractivity contribution in [2.45, 2.75) is 38.6 Å². The minimum absolute atomic E-state index is 0.0871. The summed E-state index contributed by atoms with van der Waals surface area (Å²) in [6.07, 6.45) is 1.03. The molecule has 2 atom stereocenters. The molecule has 4 heteroatoms. The van der Waals surface area contributed by atoms with E-state index < -0.39 is 5.97 Å². The van der Waals surface area contributed by atoms with E-state index in [2.05, 4.69) is 19.1 Å². The molecule has 1 aromatic rings. The van der Waals surface area contributed by atoms with E-state index in [4.69, 9.17) is 14.6 Å². The van der Waals surface area contributed by atoms with Gasteiger partial charge in [0.15, 0.2) is 6.29 Å². The van der Waals surface area contributed by atoms with E-state index in [1.165, 1.54) is 11.1 Å². The van der Waals surface area contributed by atoms with E-state index in [1.807, 2.05) is 12.1 Å². The summed E-state index contributed by atoms with van der Waals surface area (Å²) in [5.74, 6) is -0.791. The van der Waals surface area contributed by atoms with Crippen molar-refractivity contribution in [2.75, 3.05) is 6.61 Å². The topological polar surface area (TPSA) is 55.8 Å². The molecule has 1 fully saturated rings. The normalized spacial score (nSPS) is 23.2. The standard InChI is InChI=1S/C14H18O4/c1-10-3-2-4-11(7-10)8-14-17-9-12(18-14)5-6-13(15)16/h2-4,7,12,14H,5-6,8-9H2,1H3,(H,15,16). The highest BCUT2D eigenvalue weighted by molar-refractivity contribution is 5.66. The molecule has 98 valence electrons. The molecule has 18 heavy (non-hydrogen) atoms. The molecule has 1 saturated heterocycles. The van der Waals surface area contributed by atoms with Gasteiger partial charge < -0.3 is 14.6 Å². The Hall–Kier alpha value is -1.39.